The Bertz CT molecular complexity index is 276. The highest BCUT2D eigenvalue weighted by atomic mass is 16.6. The summed E-state index contributed by atoms with van der Waals surface area (Å²) in [6.07, 6.45) is 0. The van der Waals surface area contributed by atoms with E-state index in [1.54, 1.807) is 0 Å². The lowest BCUT2D eigenvalue weighted by Crippen LogP contribution is -2.38. The Balaban J connectivity index is 2.82. The van der Waals surface area contributed by atoms with Gasteiger partial charge in [0.1, 0.15) is 13.7 Å². The summed E-state index contributed by atoms with van der Waals surface area (Å²) >= 11 is 0. The predicted molar refractivity (Wildman–Crippen MR) is 46.8 cm³/mol. The molecule has 1 heterocycles. The summed E-state index contributed by atoms with van der Waals surface area (Å²) < 4.78 is 9.33. The van der Waals surface area contributed by atoms with Crippen LogP contribution >= 0.6 is 0 Å². The summed E-state index contributed by atoms with van der Waals surface area (Å²) in [6.45, 7) is 0.731. The van der Waals surface area contributed by atoms with Crippen LogP contribution in [0.25, 0.3) is 0 Å². The number of carbonyl (C=O) groups excluding carboxylic acids is 1. The number of hydrogen-bond donors (Lipinski definition) is 1. The monoisotopic (exact) mass is 201 g/mol. The number of ether oxygens (including phenoxy) is 2. The van der Waals surface area contributed by atoms with Crippen molar-refractivity contribution in [3.05, 3.63) is 0 Å². The van der Waals surface area contributed by atoms with Crippen LogP contribution in [0.4, 0.5) is 0 Å². The van der Waals surface area contributed by atoms with Crippen LogP contribution in [0.15, 0.2) is 5.16 Å². The molecule has 1 aliphatic heterocycles. The van der Waals surface area contributed by atoms with Gasteiger partial charge in [-0.3, -0.25) is 10.3 Å². The minimum absolute atomic E-state index is 0.0856. The molecule has 0 spiro atoms. The van der Waals surface area contributed by atoms with E-state index in [1.165, 1.54) is 19.1 Å². The molecule has 0 radical (unpaired) electrons. The summed E-state index contributed by atoms with van der Waals surface area (Å²) in [5.41, 5.74) is 0. The summed E-state index contributed by atoms with van der Waals surface area (Å²) in [6, 6.07) is -0.133. The van der Waals surface area contributed by atoms with E-state index in [1.807, 2.05) is 0 Å². The average molecular weight is 201 g/mol. The fourth-order valence-electron chi connectivity index (χ4n) is 0.990. The Labute approximate surface area is 80.7 Å². The molecule has 0 unspecified atom stereocenters. The molecule has 1 rings (SSSR count). The lowest BCUT2D eigenvalue weighted by atomic mass is 10.5. The number of amidine groups is 2. The first-order valence-electron chi connectivity index (χ1n) is 3.89. The number of oxime groups is 1. The zero-order chi connectivity index (χ0) is 10.6. The molecule has 0 atom stereocenters. The molecule has 78 valence electrons. The fraction of sp³-hybridized carbons (Fsp3) is 0.571. The van der Waals surface area contributed by atoms with Gasteiger partial charge in [-0.05, 0) is 0 Å². The van der Waals surface area contributed by atoms with Crippen LogP contribution in [0.5, 0.6) is 0 Å². The number of hydrogen-bond acceptors (Lipinski definition) is 6. The molecule has 1 fully saturated rings. The van der Waals surface area contributed by atoms with Crippen molar-refractivity contribution in [3.8, 4) is 0 Å². The maximum Gasteiger partial charge on any atom is 0.377 e. The minimum Gasteiger partial charge on any atom is -0.463 e. The molecule has 0 bridgehead atoms. The zero-order valence-electron chi connectivity index (χ0n) is 7.94. The van der Waals surface area contributed by atoms with Crippen molar-refractivity contribution in [2.75, 3.05) is 27.4 Å². The van der Waals surface area contributed by atoms with Gasteiger partial charge < -0.3 is 14.3 Å². The third-order valence-corrected chi connectivity index (χ3v) is 1.60. The molecule has 0 amide bonds. The lowest BCUT2D eigenvalue weighted by molar-refractivity contribution is -0.133. The molecule has 1 saturated heterocycles. The van der Waals surface area contributed by atoms with E-state index in [0.29, 0.717) is 13.2 Å². The molecule has 0 aromatic rings. The highest BCUT2D eigenvalue weighted by Crippen LogP contribution is 2.04. The molecule has 0 aliphatic carbocycles. The second-order valence-corrected chi connectivity index (χ2v) is 2.39. The Hall–Kier alpha value is -1.79. The quantitative estimate of drug-likeness (QED) is 0.265. The number of nitrogens with one attached hydrogen (secondary N) is 1. The van der Waals surface area contributed by atoms with Crippen molar-refractivity contribution in [2.24, 2.45) is 5.16 Å². The molecule has 7 heteroatoms. The first-order chi connectivity index (χ1) is 6.70. The van der Waals surface area contributed by atoms with E-state index in [9.17, 15) is 4.79 Å². The van der Waals surface area contributed by atoms with E-state index < -0.39 is 5.97 Å². The summed E-state index contributed by atoms with van der Waals surface area (Å²) in [7, 11) is 2.54. The first kappa shape index (κ1) is 10.3. The Morgan fingerprint density at radius 1 is 1.64 bits per heavy atom. The van der Waals surface area contributed by atoms with Gasteiger partial charge in [0.15, 0.2) is 0 Å². The van der Waals surface area contributed by atoms with Crippen molar-refractivity contribution >= 4 is 17.8 Å². The standard InChI is InChI=1S/C7H11N3O4/c1-12-6(11)5(9-13-2)10-3-4-14-7(10)8/h8H,3-4H2,1-2H3/b8-7?,9-5-. The van der Waals surface area contributed by atoms with Crippen molar-refractivity contribution < 1.29 is 19.1 Å². The first-order valence-corrected chi connectivity index (χ1v) is 3.89. The Morgan fingerprint density at radius 3 is 2.79 bits per heavy atom. The fourth-order valence-corrected chi connectivity index (χ4v) is 0.990. The number of rotatable bonds is 1. The van der Waals surface area contributed by atoms with Gasteiger partial charge in [-0.15, -0.1) is 0 Å². The van der Waals surface area contributed by atoms with Gasteiger partial charge in [0, 0.05) is 0 Å². The molecule has 0 aromatic heterocycles. The molecular weight excluding hydrogens is 190 g/mol. The number of esters is 1. The molecule has 1 N–H and O–H groups in total. The average Bonchev–Trinajstić information content (AvgIpc) is 2.60. The van der Waals surface area contributed by atoms with E-state index in [-0.39, 0.29) is 11.9 Å². The van der Waals surface area contributed by atoms with E-state index in [4.69, 9.17) is 10.1 Å². The van der Waals surface area contributed by atoms with Gasteiger partial charge in [0.2, 0.25) is 0 Å². The maximum atomic E-state index is 11.2. The SMILES string of the molecule is CO/N=C(/C(=O)OC)N1CCOC1=N. The van der Waals surface area contributed by atoms with Gasteiger partial charge in [0.25, 0.3) is 11.9 Å². The van der Waals surface area contributed by atoms with Crippen LogP contribution in [0.1, 0.15) is 0 Å². The van der Waals surface area contributed by atoms with Gasteiger partial charge in [-0.25, -0.2) is 4.79 Å². The summed E-state index contributed by atoms with van der Waals surface area (Å²) in [4.78, 5) is 17.0. The smallest absolute Gasteiger partial charge is 0.377 e. The molecule has 14 heavy (non-hydrogen) atoms. The van der Waals surface area contributed by atoms with E-state index in [2.05, 4.69) is 14.7 Å². The highest BCUT2D eigenvalue weighted by Gasteiger charge is 2.29. The van der Waals surface area contributed by atoms with Gasteiger partial charge in [-0.2, -0.15) is 0 Å². The molecule has 0 saturated carbocycles. The summed E-state index contributed by atoms with van der Waals surface area (Å²) in [5.74, 6) is -0.750. The van der Waals surface area contributed by atoms with Crippen molar-refractivity contribution in [2.45, 2.75) is 0 Å². The number of carbonyl (C=O) groups is 1. The van der Waals surface area contributed by atoms with Crippen LogP contribution in [0.2, 0.25) is 0 Å². The molecular formula is C7H11N3O4. The second kappa shape index (κ2) is 4.45. The molecule has 7 nitrogen and oxygen atoms in total. The van der Waals surface area contributed by atoms with Crippen molar-refractivity contribution in [1.29, 1.82) is 5.41 Å². The third kappa shape index (κ3) is 1.93. The van der Waals surface area contributed by atoms with Crippen LogP contribution in [-0.2, 0) is 19.1 Å². The van der Waals surface area contributed by atoms with Crippen LogP contribution in [0, 0.1) is 5.41 Å². The minimum atomic E-state index is -0.665. The maximum absolute atomic E-state index is 11.2. The van der Waals surface area contributed by atoms with Crippen LogP contribution < -0.4 is 0 Å². The van der Waals surface area contributed by atoms with Crippen molar-refractivity contribution in [1.82, 2.24) is 4.90 Å². The largest absolute Gasteiger partial charge is 0.463 e. The lowest BCUT2D eigenvalue weighted by Gasteiger charge is -2.13. The summed E-state index contributed by atoms with van der Waals surface area (Å²) in [5, 5.41) is 10.8. The predicted octanol–water partition coefficient (Wildman–Crippen LogP) is -0.614. The molecule has 1 aliphatic rings. The third-order valence-electron chi connectivity index (χ3n) is 1.60. The van der Waals surface area contributed by atoms with Gasteiger partial charge in [-0.1, -0.05) is 5.16 Å². The second-order valence-electron chi connectivity index (χ2n) is 2.39. The van der Waals surface area contributed by atoms with Crippen LogP contribution in [-0.4, -0.2) is 50.1 Å². The van der Waals surface area contributed by atoms with Gasteiger partial charge >= 0.3 is 5.97 Å². The molecule has 0 aromatic carbocycles. The van der Waals surface area contributed by atoms with E-state index in [0.717, 1.165) is 0 Å². The van der Waals surface area contributed by atoms with Crippen LogP contribution in [0.3, 0.4) is 0 Å². The number of nitrogens with zero attached hydrogens (tertiary/aromatic N) is 2. The Kier molecular flexibility index (Phi) is 3.27. The van der Waals surface area contributed by atoms with Gasteiger partial charge in [0.05, 0.1) is 13.7 Å². The number of methoxy groups -OCH3 is 1. The Morgan fingerprint density at radius 2 is 2.36 bits per heavy atom. The topological polar surface area (TPSA) is 84.2 Å². The highest BCUT2D eigenvalue weighted by molar-refractivity contribution is 6.37. The van der Waals surface area contributed by atoms with Crippen molar-refractivity contribution in [3.63, 3.8) is 0 Å². The van der Waals surface area contributed by atoms with E-state index >= 15 is 0 Å². The normalized spacial score (nSPS) is 16.6. The zero-order valence-corrected chi connectivity index (χ0v) is 7.94.